The Morgan fingerprint density at radius 1 is 1.31 bits per heavy atom. The number of carbonyl (C=O) groups is 2. The van der Waals surface area contributed by atoms with Crippen LogP contribution in [0.5, 0.6) is 0 Å². The third kappa shape index (κ3) is 5.33. The van der Waals surface area contributed by atoms with Gasteiger partial charge in [-0.3, -0.25) is 9.59 Å². The van der Waals surface area contributed by atoms with E-state index in [1.807, 2.05) is 12.1 Å². The Morgan fingerprint density at radius 2 is 2.04 bits per heavy atom. The predicted octanol–water partition coefficient (Wildman–Crippen LogP) is -0.168. The number of nitrogens with two attached hydrogens (primary N) is 1. The molecule has 0 spiro atoms. The van der Waals surface area contributed by atoms with Crippen molar-refractivity contribution in [2.75, 3.05) is 25.0 Å². The number of aromatic nitrogens is 4. The lowest BCUT2D eigenvalue weighted by Gasteiger charge is -2.18. The van der Waals surface area contributed by atoms with Gasteiger partial charge in [0.2, 0.25) is 5.91 Å². The summed E-state index contributed by atoms with van der Waals surface area (Å²) in [6.07, 6.45) is 0. The van der Waals surface area contributed by atoms with Gasteiger partial charge in [0.05, 0.1) is 12.6 Å². The zero-order valence-corrected chi connectivity index (χ0v) is 14.8. The number of nitrogens with zero attached hydrogens (tertiary/aromatic N) is 4. The number of ether oxygens (including phenoxy) is 1. The maximum atomic E-state index is 11.8. The molecule has 0 aliphatic heterocycles. The van der Waals surface area contributed by atoms with Gasteiger partial charge in [-0.15, -0.1) is 5.10 Å². The molecule has 2 aromatic rings. The molecule has 2 rings (SSSR count). The van der Waals surface area contributed by atoms with Crippen molar-refractivity contribution in [3.8, 4) is 0 Å². The first kappa shape index (κ1) is 19.5. The van der Waals surface area contributed by atoms with E-state index in [-0.39, 0.29) is 25.1 Å². The second-order valence-corrected chi connectivity index (χ2v) is 5.48. The van der Waals surface area contributed by atoms with Gasteiger partial charge in [0.1, 0.15) is 6.54 Å². The molecule has 26 heavy (non-hydrogen) atoms. The molecule has 0 aliphatic rings. The lowest BCUT2D eigenvalue weighted by Crippen LogP contribution is -2.31. The summed E-state index contributed by atoms with van der Waals surface area (Å²) in [5.74, 6) is -0.0904. The minimum Gasteiger partial charge on any atom is -0.465 e. The number of tetrazole rings is 1. The molecule has 0 fully saturated rings. The molecule has 1 unspecified atom stereocenters. The minimum atomic E-state index is -0.417. The molecule has 1 amide bonds. The molecule has 1 atom stereocenters. The summed E-state index contributed by atoms with van der Waals surface area (Å²) in [6, 6.07) is 6.90. The number of amides is 1. The fourth-order valence-corrected chi connectivity index (χ4v) is 2.41. The lowest BCUT2D eigenvalue weighted by molar-refractivity contribution is -0.144. The van der Waals surface area contributed by atoms with E-state index in [1.54, 1.807) is 19.1 Å². The number of nitrogens with one attached hydrogen (secondary N) is 2. The standard InChI is InChI=1S/C16H23N7O3/c1-3-26-14(25)10-23-16(20-21-22-23)15(18-9-8-17)12-4-6-13(7-5-12)19-11(2)24/h4-7,15,18H,3,8-10,17H2,1-2H3,(H,19,24). The highest BCUT2D eigenvalue weighted by Crippen LogP contribution is 2.21. The summed E-state index contributed by atoms with van der Waals surface area (Å²) < 4.78 is 6.35. The van der Waals surface area contributed by atoms with Crippen LogP contribution in [0.4, 0.5) is 5.69 Å². The molecular formula is C16H23N7O3. The Kier molecular flexibility index (Phi) is 7.18. The smallest absolute Gasteiger partial charge is 0.327 e. The first-order valence-electron chi connectivity index (χ1n) is 8.27. The molecule has 0 radical (unpaired) electrons. The van der Waals surface area contributed by atoms with Gasteiger partial charge < -0.3 is 21.1 Å². The van der Waals surface area contributed by atoms with Gasteiger partial charge in [-0.05, 0) is 35.0 Å². The Hall–Kier alpha value is -2.85. The molecule has 140 valence electrons. The Bertz CT molecular complexity index is 730. The summed E-state index contributed by atoms with van der Waals surface area (Å²) in [7, 11) is 0. The van der Waals surface area contributed by atoms with Crippen LogP contribution in [0.25, 0.3) is 0 Å². The first-order valence-corrected chi connectivity index (χ1v) is 8.27. The van der Waals surface area contributed by atoms with Crippen molar-refractivity contribution in [2.24, 2.45) is 5.73 Å². The van der Waals surface area contributed by atoms with E-state index < -0.39 is 5.97 Å². The van der Waals surface area contributed by atoms with Crippen LogP contribution in [-0.2, 0) is 20.9 Å². The number of hydrogen-bond acceptors (Lipinski definition) is 8. The van der Waals surface area contributed by atoms with E-state index in [9.17, 15) is 9.59 Å². The highest BCUT2D eigenvalue weighted by Gasteiger charge is 2.22. The van der Waals surface area contributed by atoms with E-state index in [4.69, 9.17) is 10.5 Å². The summed E-state index contributed by atoms with van der Waals surface area (Å²) in [4.78, 5) is 22.9. The van der Waals surface area contributed by atoms with Crippen LogP contribution in [0, 0.1) is 0 Å². The topological polar surface area (TPSA) is 137 Å². The van der Waals surface area contributed by atoms with Crippen LogP contribution in [-0.4, -0.2) is 51.8 Å². The monoisotopic (exact) mass is 361 g/mol. The maximum Gasteiger partial charge on any atom is 0.327 e. The number of anilines is 1. The molecular weight excluding hydrogens is 338 g/mol. The number of benzene rings is 1. The Labute approximate surface area is 151 Å². The number of rotatable bonds is 9. The quantitative estimate of drug-likeness (QED) is 0.524. The molecule has 1 heterocycles. The van der Waals surface area contributed by atoms with Gasteiger partial charge in [-0.1, -0.05) is 12.1 Å². The van der Waals surface area contributed by atoms with Crippen LogP contribution in [0.3, 0.4) is 0 Å². The molecule has 0 bridgehead atoms. The largest absolute Gasteiger partial charge is 0.465 e. The van der Waals surface area contributed by atoms with E-state index in [0.29, 0.717) is 24.6 Å². The number of carbonyl (C=O) groups excluding carboxylic acids is 2. The van der Waals surface area contributed by atoms with E-state index in [2.05, 4.69) is 26.2 Å². The van der Waals surface area contributed by atoms with E-state index in [1.165, 1.54) is 11.6 Å². The highest BCUT2D eigenvalue weighted by atomic mass is 16.5. The third-order valence-electron chi connectivity index (χ3n) is 3.46. The average Bonchev–Trinajstić information content (AvgIpc) is 3.04. The van der Waals surface area contributed by atoms with Crippen molar-refractivity contribution >= 4 is 17.6 Å². The summed E-state index contributed by atoms with van der Waals surface area (Å²) >= 11 is 0. The average molecular weight is 361 g/mol. The second kappa shape index (κ2) is 9.59. The lowest BCUT2D eigenvalue weighted by atomic mass is 10.1. The van der Waals surface area contributed by atoms with E-state index >= 15 is 0 Å². The van der Waals surface area contributed by atoms with Crippen molar-refractivity contribution in [1.29, 1.82) is 0 Å². The molecule has 1 aromatic carbocycles. The summed E-state index contributed by atoms with van der Waals surface area (Å²) in [6.45, 7) is 4.35. The maximum absolute atomic E-state index is 11.8. The van der Waals surface area contributed by atoms with Crippen LogP contribution in [0.15, 0.2) is 24.3 Å². The molecule has 1 aromatic heterocycles. The van der Waals surface area contributed by atoms with Crippen molar-refractivity contribution in [3.63, 3.8) is 0 Å². The summed E-state index contributed by atoms with van der Waals surface area (Å²) in [5.41, 5.74) is 7.16. The van der Waals surface area contributed by atoms with Gasteiger partial charge in [0, 0.05) is 25.7 Å². The Morgan fingerprint density at radius 3 is 2.65 bits per heavy atom. The normalized spacial score (nSPS) is 11.8. The molecule has 0 saturated heterocycles. The summed E-state index contributed by atoms with van der Waals surface area (Å²) in [5, 5.41) is 17.6. The second-order valence-electron chi connectivity index (χ2n) is 5.48. The molecule has 10 nitrogen and oxygen atoms in total. The van der Waals surface area contributed by atoms with Gasteiger partial charge in [-0.2, -0.15) is 0 Å². The van der Waals surface area contributed by atoms with Gasteiger partial charge in [-0.25, -0.2) is 4.68 Å². The zero-order valence-electron chi connectivity index (χ0n) is 14.8. The molecule has 10 heteroatoms. The van der Waals surface area contributed by atoms with Crippen molar-refractivity contribution in [2.45, 2.75) is 26.4 Å². The van der Waals surface area contributed by atoms with Crippen LogP contribution >= 0.6 is 0 Å². The van der Waals surface area contributed by atoms with Gasteiger partial charge in [0.15, 0.2) is 5.82 Å². The number of esters is 1. The molecule has 0 saturated carbocycles. The fourth-order valence-electron chi connectivity index (χ4n) is 2.41. The minimum absolute atomic E-state index is 0.0824. The van der Waals surface area contributed by atoms with Crippen molar-refractivity contribution < 1.29 is 14.3 Å². The van der Waals surface area contributed by atoms with Crippen LogP contribution in [0.2, 0.25) is 0 Å². The van der Waals surface area contributed by atoms with E-state index in [0.717, 1.165) is 5.56 Å². The zero-order chi connectivity index (χ0) is 18.9. The van der Waals surface area contributed by atoms with Crippen LogP contribution in [0.1, 0.15) is 31.3 Å². The predicted molar refractivity (Wildman–Crippen MR) is 94.1 cm³/mol. The van der Waals surface area contributed by atoms with Crippen LogP contribution < -0.4 is 16.4 Å². The Balaban J connectivity index is 2.26. The van der Waals surface area contributed by atoms with Crippen molar-refractivity contribution in [1.82, 2.24) is 25.5 Å². The van der Waals surface area contributed by atoms with Gasteiger partial charge in [0.25, 0.3) is 0 Å². The van der Waals surface area contributed by atoms with Crippen molar-refractivity contribution in [3.05, 3.63) is 35.7 Å². The molecule has 0 aliphatic carbocycles. The third-order valence-corrected chi connectivity index (χ3v) is 3.46. The fraction of sp³-hybridized carbons (Fsp3) is 0.438. The SMILES string of the molecule is CCOC(=O)Cn1nnnc1C(NCCN)c1ccc(NC(C)=O)cc1. The first-order chi connectivity index (χ1) is 12.5. The number of hydrogen-bond donors (Lipinski definition) is 3. The van der Waals surface area contributed by atoms with Gasteiger partial charge >= 0.3 is 5.97 Å². The molecule has 4 N–H and O–H groups in total. The highest BCUT2D eigenvalue weighted by molar-refractivity contribution is 5.88.